The van der Waals surface area contributed by atoms with E-state index in [9.17, 15) is 24.9 Å². The Morgan fingerprint density at radius 1 is 0.800 bits per heavy atom. The molecule has 0 aliphatic heterocycles. The van der Waals surface area contributed by atoms with Gasteiger partial charge in [0.05, 0.1) is 12.2 Å². The van der Waals surface area contributed by atoms with Gasteiger partial charge in [-0.2, -0.15) is 0 Å². The molecule has 0 unspecified atom stereocenters. The number of aliphatic hydroxyl groups is 1. The molecule has 0 saturated heterocycles. The first-order valence-electron chi connectivity index (χ1n) is 5.93. The lowest BCUT2D eigenvalue weighted by Gasteiger charge is -2.20. The molecule has 3 rings (SSSR count). The number of fused-ring (bicyclic) bond motifs is 2. The van der Waals surface area contributed by atoms with Gasteiger partial charge in [-0.15, -0.1) is 0 Å². The summed E-state index contributed by atoms with van der Waals surface area (Å²) in [4.78, 5) is 24.8. The van der Waals surface area contributed by atoms with Crippen LogP contribution in [0.1, 0.15) is 37.4 Å². The van der Waals surface area contributed by atoms with Gasteiger partial charge in [0.2, 0.25) is 0 Å². The van der Waals surface area contributed by atoms with Crippen LogP contribution < -0.4 is 0 Å². The fourth-order valence-electron chi connectivity index (χ4n) is 2.48. The number of carbonyl (C=O) groups excluding carboxylic acids is 2. The number of ketones is 2. The number of benzene rings is 2. The molecule has 1 aliphatic rings. The Hall–Kier alpha value is -2.66. The molecule has 0 bridgehead atoms. The molecule has 0 amide bonds. The lowest BCUT2D eigenvalue weighted by atomic mass is 9.81. The first-order chi connectivity index (χ1) is 9.56. The predicted octanol–water partition coefficient (Wildman–Crippen LogP) is 1.37. The maximum Gasteiger partial charge on any atom is 0.198 e. The highest BCUT2D eigenvalue weighted by atomic mass is 16.3. The summed E-state index contributed by atoms with van der Waals surface area (Å²) in [6.07, 6.45) is 0. The third kappa shape index (κ3) is 1.47. The van der Waals surface area contributed by atoms with Crippen LogP contribution in [-0.4, -0.2) is 26.9 Å². The zero-order valence-corrected chi connectivity index (χ0v) is 10.3. The molecule has 1 aliphatic carbocycles. The lowest BCUT2D eigenvalue weighted by molar-refractivity contribution is 0.0974. The first kappa shape index (κ1) is 12.4. The van der Waals surface area contributed by atoms with Crippen LogP contribution in [0, 0.1) is 0 Å². The fraction of sp³-hybridized carbons (Fsp3) is 0.0667. The number of phenols is 2. The highest BCUT2D eigenvalue weighted by Crippen LogP contribution is 2.36. The van der Waals surface area contributed by atoms with Gasteiger partial charge >= 0.3 is 0 Å². The molecule has 5 nitrogen and oxygen atoms in total. The van der Waals surface area contributed by atoms with Crippen molar-refractivity contribution in [2.24, 2.45) is 0 Å². The minimum atomic E-state index is -0.576. The van der Waals surface area contributed by atoms with Gasteiger partial charge in [0.25, 0.3) is 0 Å². The highest BCUT2D eigenvalue weighted by Gasteiger charge is 2.34. The number of phenolic OH excluding ortho intramolecular Hbond substituents is 1. The van der Waals surface area contributed by atoms with E-state index < -0.39 is 18.2 Å². The summed E-state index contributed by atoms with van der Waals surface area (Å²) in [5, 5.41) is 28.8. The second-order valence-electron chi connectivity index (χ2n) is 4.50. The Labute approximate surface area is 113 Å². The molecular formula is C15H10O5. The Kier molecular flexibility index (Phi) is 2.59. The summed E-state index contributed by atoms with van der Waals surface area (Å²) in [7, 11) is 0. The van der Waals surface area contributed by atoms with Crippen molar-refractivity contribution in [3.8, 4) is 11.5 Å². The second-order valence-corrected chi connectivity index (χ2v) is 4.50. The molecule has 2 aromatic carbocycles. The minimum Gasteiger partial charge on any atom is -0.508 e. The SMILES string of the molecule is O=C1c2cccc(O)c2C(=O)c2c1ccc(O)c2CO. The van der Waals surface area contributed by atoms with Crippen molar-refractivity contribution in [2.45, 2.75) is 6.61 Å². The maximum atomic E-state index is 12.5. The van der Waals surface area contributed by atoms with Crippen molar-refractivity contribution < 1.29 is 24.9 Å². The number of hydrogen-bond donors (Lipinski definition) is 3. The molecule has 0 spiro atoms. The smallest absolute Gasteiger partial charge is 0.198 e. The van der Waals surface area contributed by atoms with Crippen molar-refractivity contribution in [2.75, 3.05) is 0 Å². The summed E-state index contributed by atoms with van der Waals surface area (Å²) in [6.45, 7) is -0.572. The van der Waals surface area contributed by atoms with Gasteiger partial charge in [0.15, 0.2) is 11.6 Å². The predicted molar refractivity (Wildman–Crippen MR) is 69.0 cm³/mol. The first-order valence-corrected chi connectivity index (χ1v) is 5.93. The van der Waals surface area contributed by atoms with Gasteiger partial charge in [0, 0.05) is 22.3 Å². The topological polar surface area (TPSA) is 94.8 Å². The highest BCUT2D eigenvalue weighted by molar-refractivity contribution is 6.29. The molecular weight excluding hydrogens is 260 g/mol. The zero-order chi connectivity index (χ0) is 14.4. The average molecular weight is 270 g/mol. The van der Waals surface area contributed by atoms with Crippen LogP contribution in [0.15, 0.2) is 30.3 Å². The van der Waals surface area contributed by atoms with Crippen molar-refractivity contribution >= 4 is 11.6 Å². The molecule has 0 saturated carbocycles. The second kappa shape index (κ2) is 4.18. The quantitative estimate of drug-likeness (QED) is 0.620. The third-order valence-corrected chi connectivity index (χ3v) is 3.43. The molecule has 0 fully saturated rings. The molecule has 0 radical (unpaired) electrons. The van der Waals surface area contributed by atoms with Crippen LogP contribution in [0.3, 0.4) is 0 Å². The van der Waals surface area contributed by atoms with Gasteiger partial charge in [-0.25, -0.2) is 0 Å². The van der Waals surface area contributed by atoms with Crippen LogP contribution >= 0.6 is 0 Å². The van der Waals surface area contributed by atoms with Crippen molar-refractivity contribution in [3.05, 3.63) is 58.1 Å². The zero-order valence-electron chi connectivity index (χ0n) is 10.3. The molecule has 0 aromatic heterocycles. The van der Waals surface area contributed by atoms with E-state index in [1.54, 1.807) is 0 Å². The molecule has 0 atom stereocenters. The molecule has 2 aromatic rings. The molecule has 3 N–H and O–H groups in total. The van der Waals surface area contributed by atoms with E-state index in [-0.39, 0.29) is 39.3 Å². The van der Waals surface area contributed by atoms with Gasteiger partial charge in [0.1, 0.15) is 11.5 Å². The van der Waals surface area contributed by atoms with E-state index in [0.717, 1.165) is 0 Å². The Morgan fingerprint density at radius 2 is 1.50 bits per heavy atom. The molecule has 20 heavy (non-hydrogen) atoms. The van der Waals surface area contributed by atoms with E-state index >= 15 is 0 Å². The lowest BCUT2D eigenvalue weighted by Crippen LogP contribution is -2.22. The number of aromatic hydroxyl groups is 2. The molecule has 5 heteroatoms. The Morgan fingerprint density at radius 3 is 2.20 bits per heavy atom. The fourth-order valence-corrected chi connectivity index (χ4v) is 2.48. The van der Waals surface area contributed by atoms with Crippen LogP contribution in [0.5, 0.6) is 11.5 Å². The van der Waals surface area contributed by atoms with Crippen LogP contribution in [0.4, 0.5) is 0 Å². The summed E-state index contributed by atoms with van der Waals surface area (Å²) in [5.74, 6) is -1.54. The largest absolute Gasteiger partial charge is 0.508 e. The van der Waals surface area contributed by atoms with Gasteiger partial charge in [-0.1, -0.05) is 12.1 Å². The Bertz CT molecular complexity index is 761. The van der Waals surface area contributed by atoms with Crippen molar-refractivity contribution in [3.63, 3.8) is 0 Å². The van der Waals surface area contributed by atoms with E-state index in [4.69, 9.17) is 0 Å². The van der Waals surface area contributed by atoms with E-state index in [0.29, 0.717) is 0 Å². The van der Waals surface area contributed by atoms with Crippen LogP contribution in [0.25, 0.3) is 0 Å². The molecule has 100 valence electrons. The minimum absolute atomic E-state index is 0.00486. The van der Waals surface area contributed by atoms with E-state index in [1.165, 1.54) is 30.3 Å². The number of rotatable bonds is 1. The standard InChI is InChI=1S/C15H10O5/c16-6-9-10(17)5-4-8-12(9)15(20)13-7(14(8)19)2-1-3-11(13)18/h1-5,16-18H,6H2. The van der Waals surface area contributed by atoms with Crippen molar-refractivity contribution in [1.82, 2.24) is 0 Å². The number of carbonyl (C=O) groups is 2. The van der Waals surface area contributed by atoms with E-state index in [2.05, 4.69) is 0 Å². The van der Waals surface area contributed by atoms with Gasteiger partial charge in [-0.3, -0.25) is 9.59 Å². The third-order valence-electron chi connectivity index (χ3n) is 3.43. The number of aliphatic hydroxyl groups excluding tert-OH is 1. The van der Waals surface area contributed by atoms with Crippen LogP contribution in [0.2, 0.25) is 0 Å². The Balaban J connectivity index is 2.39. The number of hydrogen-bond acceptors (Lipinski definition) is 5. The summed E-state index contributed by atoms with van der Waals surface area (Å²) in [5.41, 5.74) is 0.0959. The summed E-state index contributed by atoms with van der Waals surface area (Å²) in [6, 6.07) is 6.87. The maximum absolute atomic E-state index is 12.5. The average Bonchev–Trinajstić information content (AvgIpc) is 2.44. The summed E-state index contributed by atoms with van der Waals surface area (Å²) < 4.78 is 0. The molecule has 0 heterocycles. The van der Waals surface area contributed by atoms with Crippen molar-refractivity contribution in [1.29, 1.82) is 0 Å². The normalized spacial score (nSPS) is 13.1. The monoisotopic (exact) mass is 270 g/mol. The van der Waals surface area contributed by atoms with Gasteiger partial charge in [-0.05, 0) is 18.2 Å². The van der Waals surface area contributed by atoms with E-state index in [1.807, 2.05) is 0 Å². The van der Waals surface area contributed by atoms with Gasteiger partial charge < -0.3 is 15.3 Å². The summed E-state index contributed by atoms with van der Waals surface area (Å²) >= 11 is 0. The van der Waals surface area contributed by atoms with Crippen LogP contribution in [-0.2, 0) is 6.61 Å².